The fraction of sp³-hybridized carbons (Fsp3) is 0.125. The van der Waals surface area contributed by atoms with Crippen LogP contribution in [0, 0.1) is 0 Å². The Hall–Kier alpha value is -1.24. The summed E-state index contributed by atoms with van der Waals surface area (Å²) in [6.45, 7) is 0. The van der Waals surface area contributed by atoms with Gasteiger partial charge in [-0.3, -0.25) is 0 Å². The zero-order valence-corrected chi connectivity index (χ0v) is 8.56. The third-order valence-corrected chi connectivity index (χ3v) is 2.29. The molecule has 2 N–H and O–H groups in total. The average molecular weight is 285 g/mol. The van der Waals surface area contributed by atoms with Crippen molar-refractivity contribution in [3.63, 3.8) is 0 Å². The third kappa shape index (κ3) is 2.23. The zero-order valence-electron chi connectivity index (χ0n) is 6.97. The van der Waals surface area contributed by atoms with Gasteiger partial charge in [0.15, 0.2) is 0 Å². The molecule has 0 atom stereocenters. The highest BCUT2D eigenvalue weighted by molar-refractivity contribution is 9.10. The Bertz CT molecular complexity index is 414. The van der Waals surface area contributed by atoms with E-state index in [9.17, 15) is 23.1 Å². The number of aromatic hydroxyl groups is 1. The molecule has 0 fully saturated rings. The summed E-state index contributed by atoms with van der Waals surface area (Å²) in [5.74, 6) is -2.77. The van der Waals surface area contributed by atoms with Gasteiger partial charge in [-0.05, 0) is 28.1 Å². The molecule has 15 heavy (non-hydrogen) atoms. The van der Waals surface area contributed by atoms with Crippen LogP contribution in [0.2, 0.25) is 0 Å². The lowest BCUT2D eigenvalue weighted by molar-refractivity contribution is -0.138. The van der Waals surface area contributed by atoms with Crippen molar-refractivity contribution in [2.75, 3.05) is 0 Å². The van der Waals surface area contributed by atoms with E-state index in [0.717, 1.165) is 6.07 Å². The van der Waals surface area contributed by atoms with E-state index in [2.05, 4.69) is 15.9 Å². The second kappa shape index (κ2) is 3.73. The van der Waals surface area contributed by atoms with Crippen molar-refractivity contribution in [3.8, 4) is 5.75 Å². The Morgan fingerprint density at radius 2 is 1.87 bits per heavy atom. The Labute approximate surface area is 90.3 Å². The Morgan fingerprint density at radius 1 is 1.33 bits per heavy atom. The zero-order chi connectivity index (χ0) is 11.8. The minimum Gasteiger partial charge on any atom is -0.506 e. The quantitative estimate of drug-likeness (QED) is 0.834. The molecule has 1 aromatic carbocycles. The van der Waals surface area contributed by atoms with Gasteiger partial charge in [0.1, 0.15) is 11.3 Å². The number of rotatable bonds is 1. The first kappa shape index (κ1) is 11.8. The molecule has 82 valence electrons. The molecule has 0 aliphatic heterocycles. The molecule has 0 heterocycles. The number of aromatic carboxylic acids is 1. The van der Waals surface area contributed by atoms with E-state index in [1.165, 1.54) is 0 Å². The average Bonchev–Trinajstić information content (AvgIpc) is 2.06. The molecule has 0 bridgehead atoms. The number of hydrogen-bond acceptors (Lipinski definition) is 2. The second-order valence-corrected chi connectivity index (χ2v) is 3.48. The number of phenols is 1. The number of carbonyl (C=O) groups is 1. The largest absolute Gasteiger partial charge is 0.506 e. The van der Waals surface area contributed by atoms with Gasteiger partial charge in [0.2, 0.25) is 0 Å². The van der Waals surface area contributed by atoms with E-state index >= 15 is 0 Å². The molecule has 0 amide bonds. The van der Waals surface area contributed by atoms with E-state index in [0.29, 0.717) is 6.07 Å². The maximum absolute atomic E-state index is 12.3. The molecular weight excluding hydrogens is 281 g/mol. The van der Waals surface area contributed by atoms with Crippen molar-refractivity contribution in [2.24, 2.45) is 0 Å². The van der Waals surface area contributed by atoms with Crippen LogP contribution >= 0.6 is 15.9 Å². The first-order valence-corrected chi connectivity index (χ1v) is 4.36. The lowest BCUT2D eigenvalue weighted by Gasteiger charge is -2.11. The summed E-state index contributed by atoms with van der Waals surface area (Å²) >= 11 is 2.73. The normalized spacial score (nSPS) is 11.5. The highest BCUT2D eigenvalue weighted by Gasteiger charge is 2.37. The van der Waals surface area contributed by atoms with E-state index in [1.54, 1.807) is 0 Å². The molecule has 0 radical (unpaired) electrons. The van der Waals surface area contributed by atoms with Crippen molar-refractivity contribution in [2.45, 2.75) is 6.18 Å². The van der Waals surface area contributed by atoms with Gasteiger partial charge in [0, 0.05) is 0 Å². The molecular formula is C8H4BrF3O3. The van der Waals surface area contributed by atoms with Crippen LogP contribution in [0.5, 0.6) is 5.75 Å². The predicted octanol–water partition coefficient (Wildman–Crippen LogP) is 2.87. The Kier molecular flexibility index (Phi) is 2.94. The van der Waals surface area contributed by atoms with Gasteiger partial charge in [-0.25, -0.2) is 4.79 Å². The fourth-order valence-corrected chi connectivity index (χ4v) is 1.35. The lowest BCUT2D eigenvalue weighted by Crippen LogP contribution is -2.13. The van der Waals surface area contributed by atoms with Crippen molar-refractivity contribution in [1.82, 2.24) is 0 Å². The summed E-state index contributed by atoms with van der Waals surface area (Å²) in [4.78, 5) is 10.6. The summed E-state index contributed by atoms with van der Waals surface area (Å²) in [6, 6.07) is 1.53. The minimum absolute atomic E-state index is 0.104. The smallest absolute Gasteiger partial charge is 0.417 e. The monoisotopic (exact) mass is 284 g/mol. The van der Waals surface area contributed by atoms with Gasteiger partial charge in [-0.15, -0.1) is 0 Å². The van der Waals surface area contributed by atoms with Crippen LogP contribution in [0.4, 0.5) is 13.2 Å². The van der Waals surface area contributed by atoms with Gasteiger partial charge in [-0.1, -0.05) is 0 Å². The molecule has 1 aromatic rings. The third-order valence-electron chi connectivity index (χ3n) is 1.65. The van der Waals surface area contributed by atoms with Crippen LogP contribution in [0.3, 0.4) is 0 Å². The van der Waals surface area contributed by atoms with Crippen molar-refractivity contribution >= 4 is 21.9 Å². The number of carboxylic acids is 1. The summed E-state index contributed by atoms with van der Waals surface area (Å²) in [7, 11) is 0. The Balaban J connectivity index is 3.55. The molecule has 7 heteroatoms. The van der Waals surface area contributed by atoms with Crippen LogP contribution in [0.15, 0.2) is 16.6 Å². The van der Waals surface area contributed by atoms with Crippen molar-refractivity contribution in [1.29, 1.82) is 0 Å². The number of halogens is 4. The van der Waals surface area contributed by atoms with Gasteiger partial charge in [0.05, 0.1) is 10.0 Å². The summed E-state index contributed by atoms with van der Waals surface area (Å²) in [5, 5.41) is 17.7. The van der Waals surface area contributed by atoms with Crippen LogP contribution in [-0.2, 0) is 6.18 Å². The van der Waals surface area contributed by atoms with E-state index in [4.69, 9.17) is 5.11 Å². The van der Waals surface area contributed by atoms with Gasteiger partial charge in [0.25, 0.3) is 0 Å². The van der Waals surface area contributed by atoms with Crippen LogP contribution < -0.4 is 0 Å². The summed E-state index contributed by atoms with van der Waals surface area (Å²) in [5.41, 5.74) is -2.53. The second-order valence-electron chi connectivity index (χ2n) is 2.62. The van der Waals surface area contributed by atoms with Crippen LogP contribution in [0.1, 0.15) is 15.9 Å². The molecule has 0 unspecified atom stereocenters. The molecule has 0 saturated carbocycles. The molecule has 0 saturated heterocycles. The number of benzene rings is 1. The first-order valence-electron chi connectivity index (χ1n) is 3.57. The number of alkyl halides is 3. The lowest BCUT2D eigenvalue weighted by atomic mass is 10.1. The van der Waals surface area contributed by atoms with E-state index < -0.39 is 29.0 Å². The number of carboxylic acid groups (broad SMARTS) is 1. The van der Waals surface area contributed by atoms with E-state index in [1.807, 2.05) is 0 Å². The minimum atomic E-state index is -4.81. The van der Waals surface area contributed by atoms with Crippen LogP contribution in [-0.4, -0.2) is 16.2 Å². The molecule has 1 rings (SSSR count). The SMILES string of the molecule is O=C(O)c1c(C(F)(F)F)ccc(Br)c1O. The highest BCUT2D eigenvalue weighted by Crippen LogP contribution is 2.38. The maximum Gasteiger partial charge on any atom is 0.417 e. The van der Waals surface area contributed by atoms with Crippen molar-refractivity contribution < 1.29 is 28.2 Å². The molecule has 0 spiro atoms. The van der Waals surface area contributed by atoms with Gasteiger partial charge >= 0.3 is 12.1 Å². The Morgan fingerprint density at radius 3 is 2.27 bits per heavy atom. The van der Waals surface area contributed by atoms with E-state index in [-0.39, 0.29) is 4.47 Å². The van der Waals surface area contributed by atoms with Gasteiger partial charge in [-0.2, -0.15) is 13.2 Å². The van der Waals surface area contributed by atoms with Crippen LogP contribution in [0.25, 0.3) is 0 Å². The highest BCUT2D eigenvalue weighted by atomic mass is 79.9. The first-order chi connectivity index (χ1) is 6.75. The maximum atomic E-state index is 12.3. The summed E-state index contributed by atoms with van der Waals surface area (Å²) < 4.78 is 36.9. The molecule has 0 aromatic heterocycles. The topological polar surface area (TPSA) is 57.5 Å². The predicted molar refractivity (Wildman–Crippen MR) is 47.8 cm³/mol. The molecule has 0 aliphatic rings. The fourth-order valence-electron chi connectivity index (χ4n) is 1.02. The molecule has 0 aliphatic carbocycles. The van der Waals surface area contributed by atoms with Gasteiger partial charge < -0.3 is 10.2 Å². The molecule has 3 nitrogen and oxygen atoms in total. The summed E-state index contributed by atoms with van der Waals surface area (Å²) in [6.07, 6.45) is -4.81. The number of hydrogen-bond donors (Lipinski definition) is 2. The van der Waals surface area contributed by atoms with Crippen molar-refractivity contribution in [3.05, 3.63) is 27.7 Å². The standard InChI is InChI=1S/C8H4BrF3O3/c9-4-2-1-3(8(10,11)12)5(6(4)13)7(14)15/h1-2,13H,(H,14,15).